The summed E-state index contributed by atoms with van der Waals surface area (Å²) in [7, 11) is 1.62. The monoisotopic (exact) mass is 386 g/mol. The molecule has 2 aromatic rings. The van der Waals surface area contributed by atoms with E-state index in [2.05, 4.69) is 26.8 Å². The van der Waals surface area contributed by atoms with Crippen molar-refractivity contribution in [1.82, 2.24) is 0 Å². The molecule has 27 heavy (non-hydrogen) atoms. The molecule has 0 spiro atoms. The van der Waals surface area contributed by atoms with E-state index in [1.807, 2.05) is 18.2 Å². The summed E-state index contributed by atoms with van der Waals surface area (Å²) in [5, 5.41) is 0. The maximum absolute atomic E-state index is 14.8. The summed E-state index contributed by atoms with van der Waals surface area (Å²) in [6, 6.07) is 11.3. The molecule has 2 aliphatic rings. The number of alkyl halides is 1. The fourth-order valence-electron chi connectivity index (χ4n) is 5.74. The van der Waals surface area contributed by atoms with E-state index in [0.717, 1.165) is 17.0 Å². The van der Waals surface area contributed by atoms with Crippen molar-refractivity contribution in [2.45, 2.75) is 51.8 Å². The molecule has 0 amide bonds. The standard InChI is InChI=1S/C24H28ClFO/c1-23(2)16-9-10-24(23,3)21(12-16)19-11-15(14-25)5-7-18(19)20-13-17(27-4)6-8-22(20)26/h5-8,11,13,16,21H,9-10,12,14H2,1-4H3/t16-,21?,24+/m1/s1. The highest BCUT2D eigenvalue weighted by Gasteiger charge is 2.61. The summed E-state index contributed by atoms with van der Waals surface area (Å²) in [5.74, 6) is 2.11. The lowest BCUT2D eigenvalue weighted by molar-refractivity contribution is 0.135. The predicted octanol–water partition coefficient (Wildman–Crippen LogP) is 7.17. The first-order chi connectivity index (χ1) is 12.8. The third kappa shape index (κ3) is 2.71. The third-order valence-electron chi connectivity index (χ3n) is 7.90. The molecule has 0 radical (unpaired) electrons. The Morgan fingerprint density at radius 2 is 1.89 bits per heavy atom. The number of hydrogen-bond acceptors (Lipinski definition) is 1. The van der Waals surface area contributed by atoms with E-state index < -0.39 is 0 Å². The average Bonchev–Trinajstić information content (AvgIpc) is 3.01. The molecule has 2 aliphatic carbocycles. The molecule has 0 aliphatic heterocycles. The van der Waals surface area contributed by atoms with Crippen LogP contribution in [0.25, 0.3) is 11.1 Å². The van der Waals surface area contributed by atoms with E-state index in [0.29, 0.717) is 28.5 Å². The maximum Gasteiger partial charge on any atom is 0.131 e. The molecule has 2 aromatic carbocycles. The predicted molar refractivity (Wildman–Crippen MR) is 110 cm³/mol. The Balaban J connectivity index is 1.89. The Labute approximate surface area is 166 Å². The van der Waals surface area contributed by atoms with Crippen molar-refractivity contribution in [2.24, 2.45) is 16.7 Å². The highest BCUT2D eigenvalue weighted by molar-refractivity contribution is 6.17. The lowest BCUT2D eigenvalue weighted by Crippen LogP contribution is -2.31. The lowest BCUT2D eigenvalue weighted by atomic mass is 9.64. The summed E-state index contributed by atoms with van der Waals surface area (Å²) >= 11 is 6.16. The van der Waals surface area contributed by atoms with Crippen LogP contribution in [-0.2, 0) is 5.88 Å². The Morgan fingerprint density at radius 1 is 1.11 bits per heavy atom. The molecular formula is C24H28ClFO. The fraction of sp³-hybridized carbons (Fsp3) is 0.500. The highest BCUT2D eigenvalue weighted by atomic mass is 35.5. The van der Waals surface area contributed by atoms with E-state index in [1.54, 1.807) is 13.2 Å². The van der Waals surface area contributed by atoms with Crippen molar-refractivity contribution < 1.29 is 9.13 Å². The topological polar surface area (TPSA) is 9.23 Å². The minimum atomic E-state index is -0.205. The molecule has 1 nitrogen and oxygen atoms in total. The Hall–Kier alpha value is -1.54. The van der Waals surface area contributed by atoms with Crippen molar-refractivity contribution in [3.8, 4) is 16.9 Å². The molecule has 0 saturated heterocycles. The van der Waals surface area contributed by atoms with Gasteiger partial charge in [0.25, 0.3) is 0 Å². The molecule has 3 atom stereocenters. The van der Waals surface area contributed by atoms with Crippen LogP contribution in [0.4, 0.5) is 4.39 Å². The lowest BCUT2D eigenvalue weighted by Gasteiger charge is -2.40. The number of ether oxygens (including phenoxy) is 1. The van der Waals surface area contributed by atoms with Gasteiger partial charge < -0.3 is 4.74 Å². The van der Waals surface area contributed by atoms with E-state index in [1.165, 1.54) is 30.9 Å². The van der Waals surface area contributed by atoms with Crippen LogP contribution in [0, 0.1) is 22.6 Å². The number of halogens is 2. The van der Waals surface area contributed by atoms with Crippen molar-refractivity contribution in [3.05, 3.63) is 53.3 Å². The highest BCUT2D eigenvalue weighted by Crippen LogP contribution is 2.71. The first-order valence-corrected chi connectivity index (χ1v) is 10.4. The molecule has 0 heterocycles. The number of hydrogen-bond donors (Lipinski definition) is 0. The zero-order chi connectivity index (χ0) is 19.4. The molecule has 3 heteroatoms. The second-order valence-electron chi connectivity index (χ2n) is 9.06. The van der Waals surface area contributed by atoms with Gasteiger partial charge in [0.05, 0.1) is 7.11 Å². The van der Waals surface area contributed by atoms with Gasteiger partial charge in [0.2, 0.25) is 0 Å². The molecule has 1 unspecified atom stereocenters. The fourth-order valence-corrected chi connectivity index (χ4v) is 5.91. The second kappa shape index (κ2) is 6.51. The largest absolute Gasteiger partial charge is 0.497 e. The van der Waals surface area contributed by atoms with Crippen LogP contribution >= 0.6 is 11.6 Å². The summed E-state index contributed by atoms with van der Waals surface area (Å²) in [6.45, 7) is 7.27. The molecule has 0 N–H and O–H groups in total. The molecular weight excluding hydrogens is 359 g/mol. The molecule has 2 fully saturated rings. The minimum absolute atomic E-state index is 0.205. The second-order valence-corrected chi connectivity index (χ2v) is 9.33. The third-order valence-corrected chi connectivity index (χ3v) is 8.21. The van der Waals surface area contributed by atoms with E-state index in [9.17, 15) is 4.39 Å². The summed E-state index contributed by atoms with van der Waals surface area (Å²) in [5.41, 5.74) is 4.48. The smallest absolute Gasteiger partial charge is 0.131 e. The Morgan fingerprint density at radius 3 is 2.48 bits per heavy atom. The Kier molecular flexibility index (Phi) is 4.54. The van der Waals surface area contributed by atoms with Crippen molar-refractivity contribution in [1.29, 1.82) is 0 Å². The minimum Gasteiger partial charge on any atom is -0.497 e. The molecule has 4 rings (SSSR count). The molecule has 2 saturated carbocycles. The molecule has 2 bridgehead atoms. The van der Waals surface area contributed by atoms with Gasteiger partial charge in [-0.15, -0.1) is 11.6 Å². The molecule has 0 aromatic heterocycles. The van der Waals surface area contributed by atoms with Gasteiger partial charge in [0.15, 0.2) is 0 Å². The van der Waals surface area contributed by atoms with Gasteiger partial charge in [-0.1, -0.05) is 39.0 Å². The van der Waals surface area contributed by atoms with Crippen LogP contribution in [0.15, 0.2) is 36.4 Å². The van der Waals surface area contributed by atoms with Crippen molar-refractivity contribution in [2.75, 3.05) is 7.11 Å². The normalized spacial score (nSPS) is 28.5. The van der Waals surface area contributed by atoms with Gasteiger partial charge >= 0.3 is 0 Å². The number of methoxy groups -OCH3 is 1. The van der Waals surface area contributed by atoms with Crippen molar-refractivity contribution >= 4 is 11.6 Å². The van der Waals surface area contributed by atoms with Gasteiger partial charge in [0.1, 0.15) is 11.6 Å². The number of fused-ring (bicyclic) bond motifs is 2. The van der Waals surface area contributed by atoms with Crippen LogP contribution < -0.4 is 4.74 Å². The van der Waals surface area contributed by atoms with E-state index in [-0.39, 0.29) is 11.2 Å². The van der Waals surface area contributed by atoms with Gasteiger partial charge in [0, 0.05) is 11.4 Å². The average molecular weight is 387 g/mol. The van der Waals surface area contributed by atoms with Crippen LogP contribution in [0.5, 0.6) is 5.75 Å². The summed E-state index contributed by atoms with van der Waals surface area (Å²) in [6.07, 6.45) is 3.71. The van der Waals surface area contributed by atoms with Gasteiger partial charge in [-0.25, -0.2) is 4.39 Å². The zero-order valence-corrected chi connectivity index (χ0v) is 17.4. The first-order valence-electron chi connectivity index (χ1n) is 9.84. The number of rotatable bonds is 4. The quantitative estimate of drug-likeness (QED) is 0.506. The summed E-state index contributed by atoms with van der Waals surface area (Å²) in [4.78, 5) is 0. The number of benzene rings is 2. The van der Waals surface area contributed by atoms with E-state index in [4.69, 9.17) is 16.3 Å². The van der Waals surface area contributed by atoms with Gasteiger partial charge in [-0.3, -0.25) is 0 Å². The van der Waals surface area contributed by atoms with Crippen LogP contribution in [-0.4, -0.2) is 7.11 Å². The van der Waals surface area contributed by atoms with Crippen molar-refractivity contribution in [3.63, 3.8) is 0 Å². The molecule has 144 valence electrons. The zero-order valence-electron chi connectivity index (χ0n) is 16.6. The maximum atomic E-state index is 14.8. The van der Waals surface area contributed by atoms with Crippen LogP contribution in [0.3, 0.4) is 0 Å². The van der Waals surface area contributed by atoms with Crippen LogP contribution in [0.1, 0.15) is 57.1 Å². The summed E-state index contributed by atoms with van der Waals surface area (Å²) < 4.78 is 20.2. The SMILES string of the molecule is COc1ccc(F)c(-c2ccc(CCl)cc2C2C[C@H]3CC[C@]2(C)C3(C)C)c1. The van der Waals surface area contributed by atoms with Crippen LogP contribution in [0.2, 0.25) is 0 Å². The van der Waals surface area contributed by atoms with Gasteiger partial charge in [-0.2, -0.15) is 0 Å². The van der Waals surface area contributed by atoms with E-state index >= 15 is 0 Å². The Bertz CT molecular complexity index is 875. The van der Waals surface area contributed by atoms with Gasteiger partial charge in [-0.05, 0) is 76.8 Å². The first kappa shape index (κ1) is 18.8.